The van der Waals surface area contributed by atoms with Gasteiger partial charge < -0.3 is 15.4 Å². The highest BCUT2D eigenvalue weighted by Crippen LogP contribution is 2.49. The molecule has 0 saturated heterocycles. The summed E-state index contributed by atoms with van der Waals surface area (Å²) in [6, 6.07) is 8.44. The first-order chi connectivity index (χ1) is 16.4. The third-order valence-electron chi connectivity index (χ3n) is 6.58. The van der Waals surface area contributed by atoms with Crippen molar-refractivity contribution in [3.05, 3.63) is 76.5 Å². The smallest absolute Gasteiger partial charge is 0.384 e. The Kier molecular flexibility index (Phi) is 6.61. The molecule has 4 nitrogen and oxygen atoms in total. The first-order valence-electron chi connectivity index (χ1n) is 11.1. The van der Waals surface area contributed by atoms with Gasteiger partial charge in [0.1, 0.15) is 0 Å². The van der Waals surface area contributed by atoms with Crippen molar-refractivity contribution in [2.75, 3.05) is 13.7 Å². The average Bonchev–Trinajstić information content (AvgIpc) is 3.42. The highest BCUT2D eigenvalue weighted by molar-refractivity contribution is 5.77. The van der Waals surface area contributed by atoms with Crippen LogP contribution in [0.2, 0.25) is 0 Å². The van der Waals surface area contributed by atoms with Crippen LogP contribution in [0, 0.1) is 0 Å². The molecule has 2 unspecified atom stereocenters. The van der Waals surface area contributed by atoms with E-state index < -0.39 is 35.4 Å². The standard InChI is InChI=1S/C25H24F6N2O2/c1-35-10-9-22(34)33-21-8-6-16-11-15(5-7-20(16)21)17-13-23(32-14-17,25(29,30)31)18-3-2-4-19(12-18)24(26,27)28/h2-5,7,11-12,14,21,32H,6,8-10,13H2,1H3,(H,33,34). The molecule has 10 heteroatoms. The van der Waals surface area contributed by atoms with Gasteiger partial charge in [-0.2, -0.15) is 26.3 Å². The van der Waals surface area contributed by atoms with Crippen LogP contribution < -0.4 is 10.6 Å². The molecule has 0 fully saturated rings. The molecule has 188 valence electrons. The Bertz CT molecular complexity index is 1140. The number of methoxy groups -OCH3 is 1. The summed E-state index contributed by atoms with van der Waals surface area (Å²) in [6.45, 7) is 0.304. The molecule has 2 atom stereocenters. The van der Waals surface area contributed by atoms with Crippen molar-refractivity contribution in [3.8, 4) is 0 Å². The fourth-order valence-corrected chi connectivity index (χ4v) is 4.70. The third kappa shape index (κ3) is 4.89. The van der Waals surface area contributed by atoms with Crippen LogP contribution in [0.3, 0.4) is 0 Å². The molecule has 2 aliphatic rings. The molecule has 2 aromatic rings. The van der Waals surface area contributed by atoms with Gasteiger partial charge >= 0.3 is 12.4 Å². The maximum atomic E-state index is 14.3. The van der Waals surface area contributed by atoms with Gasteiger partial charge in [0.15, 0.2) is 5.54 Å². The fourth-order valence-electron chi connectivity index (χ4n) is 4.70. The Hall–Kier alpha value is -3.01. The number of nitrogens with one attached hydrogen (secondary N) is 2. The van der Waals surface area contributed by atoms with Crippen LogP contribution in [0.15, 0.2) is 48.7 Å². The number of aryl methyl sites for hydroxylation is 1. The average molecular weight is 498 g/mol. The summed E-state index contributed by atoms with van der Waals surface area (Å²) in [5.41, 5.74) is -1.57. The predicted octanol–water partition coefficient (Wildman–Crippen LogP) is 5.64. The normalized spacial score (nSPS) is 21.9. The number of amides is 1. The van der Waals surface area contributed by atoms with Gasteiger partial charge in [-0.1, -0.05) is 30.3 Å². The molecule has 0 aromatic heterocycles. The minimum absolute atomic E-state index is 0.146. The lowest BCUT2D eigenvalue weighted by molar-refractivity contribution is -0.194. The summed E-state index contributed by atoms with van der Waals surface area (Å²) >= 11 is 0. The monoisotopic (exact) mass is 498 g/mol. The van der Waals surface area contributed by atoms with E-state index in [4.69, 9.17) is 4.74 Å². The van der Waals surface area contributed by atoms with Crippen LogP contribution in [-0.2, 0) is 27.7 Å². The van der Waals surface area contributed by atoms with E-state index in [1.54, 1.807) is 18.2 Å². The van der Waals surface area contributed by atoms with Crippen LogP contribution in [0.1, 0.15) is 53.1 Å². The molecule has 1 aliphatic heterocycles. The van der Waals surface area contributed by atoms with Crippen molar-refractivity contribution in [2.24, 2.45) is 0 Å². The Morgan fingerprint density at radius 3 is 2.60 bits per heavy atom. The van der Waals surface area contributed by atoms with Crippen LogP contribution >= 0.6 is 0 Å². The third-order valence-corrected chi connectivity index (χ3v) is 6.58. The number of carbonyl (C=O) groups is 1. The lowest BCUT2D eigenvalue weighted by Crippen LogP contribution is -2.49. The number of alkyl halides is 6. The van der Waals surface area contributed by atoms with Gasteiger partial charge in [-0.25, -0.2) is 0 Å². The van der Waals surface area contributed by atoms with E-state index in [0.717, 1.165) is 29.3 Å². The zero-order valence-electron chi connectivity index (χ0n) is 18.8. The summed E-state index contributed by atoms with van der Waals surface area (Å²) in [4.78, 5) is 12.0. The zero-order chi connectivity index (χ0) is 25.4. The first-order valence-corrected chi connectivity index (χ1v) is 11.1. The van der Waals surface area contributed by atoms with Crippen molar-refractivity contribution in [1.82, 2.24) is 10.6 Å². The van der Waals surface area contributed by atoms with Crippen molar-refractivity contribution in [2.45, 2.75) is 49.6 Å². The number of rotatable bonds is 6. The fraction of sp³-hybridized carbons (Fsp3) is 0.400. The molecule has 1 heterocycles. The molecule has 0 saturated carbocycles. The largest absolute Gasteiger partial charge is 0.416 e. The highest BCUT2D eigenvalue weighted by Gasteiger charge is 2.58. The summed E-state index contributed by atoms with van der Waals surface area (Å²) in [5, 5.41) is 5.30. The molecular weight excluding hydrogens is 474 g/mol. The minimum atomic E-state index is -4.84. The van der Waals surface area contributed by atoms with Gasteiger partial charge in [-0.3, -0.25) is 4.79 Å². The van der Waals surface area contributed by atoms with Crippen LogP contribution in [0.4, 0.5) is 26.3 Å². The van der Waals surface area contributed by atoms with E-state index in [2.05, 4.69) is 10.6 Å². The summed E-state index contributed by atoms with van der Waals surface area (Å²) in [6.07, 6.45) is -7.37. The molecule has 2 N–H and O–H groups in total. The van der Waals surface area contributed by atoms with Crippen LogP contribution in [0.25, 0.3) is 5.57 Å². The predicted molar refractivity (Wildman–Crippen MR) is 117 cm³/mol. The molecule has 0 radical (unpaired) electrons. The second-order valence-corrected chi connectivity index (χ2v) is 8.79. The van der Waals surface area contributed by atoms with Crippen LogP contribution in [-0.4, -0.2) is 25.8 Å². The van der Waals surface area contributed by atoms with E-state index >= 15 is 0 Å². The summed E-state index contributed by atoms with van der Waals surface area (Å²) < 4.78 is 87.2. The Balaban J connectivity index is 1.58. The van der Waals surface area contributed by atoms with Gasteiger partial charge in [-0.05, 0) is 52.8 Å². The van der Waals surface area contributed by atoms with Crippen molar-refractivity contribution >= 4 is 11.5 Å². The minimum Gasteiger partial charge on any atom is -0.384 e. The molecule has 1 amide bonds. The van der Waals surface area contributed by atoms with Crippen LogP contribution in [0.5, 0.6) is 0 Å². The van der Waals surface area contributed by atoms with E-state index in [9.17, 15) is 31.1 Å². The molecular formula is C25H24F6N2O2. The zero-order valence-corrected chi connectivity index (χ0v) is 18.8. The number of fused-ring (bicyclic) bond motifs is 1. The van der Waals surface area contributed by atoms with Gasteiger partial charge in [0.05, 0.1) is 18.2 Å². The SMILES string of the molecule is COCCC(=O)NC1CCc2cc(C3=CNC(c4cccc(C(F)(F)F)c4)(C(F)(F)F)C3)ccc21. The topological polar surface area (TPSA) is 50.4 Å². The second kappa shape index (κ2) is 9.22. The summed E-state index contributed by atoms with van der Waals surface area (Å²) in [7, 11) is 1.51. The first kappa shape index (κ1) is 25.1. The lowest BCUT2D eigenvalue weighted by Gasteiger charge is -2.33. The maximum Gasteiger partial charge on any atom is 0.416 e. The number of hydrogen-bond acceptors (Lipinski definition) is 3. The maximum absolute atomic E-state index is 14.3. The second-order valence-electron chi connectivity index (χ2n) is 8.79. The van der Waals surface area contributed by atoms with E-state index in [0.29, 0.717) is 36.7 Å². The molecule has 1 aliphatic carbocycles. The Morgan fingerprint density at radius 2 is 1.91 bits per heavy atom. The highest BCUT2D eigenvalue weighted by atomic mass is 19.4. The quantitative estimate of drug-likeness (QED) is 0.507. The van der Waals surface area contributed by atoms with Crippen molar-refractivity contribution < 1.29 is 35.9 Å². The molecule has 0 bridgehead atoms. The molecule has 0 spiro atoms. The van der Waals surface area contributed by atoms with Gasteiger partial charge in [0, 0.05) is 26.2 Å². The van der Waals surface area contributed by atoms with Crippen molar-refractivity contribution in [3.63, 3.8) is 0 Å². The molecule has 2 aromatic carbocycles. The number of ether oxygens (including phenoxy) is 1. The number of halogens is 6. The van der Waals surface area contributed by atoms with Gasteiger partial charge in [-0.15, -0.1) is 0 Å². The Morgan fingerprint density at radius 1 is 1.14 bits per heavy atom. The number of carbonyl (C=O) groups excluding carboxylic acids is 1. The Labute approximate surface area is 198 Å². The summed E-state index contributed by atoms with van der Waals surface area (Å²) in [5.74, 6) is -0.146. The number of benzene rings is 2. The van der Waals surface area contributed by atoms with Crippen molar-refractivity contribution in [1.29, 1.82) is 0 Å². The van der Waals surface area contributed by atoms with E-state index in [1.807, 2.05) is 0 Å². The van der Waals surface area contributed by atoms with E-state index in [1.165, 1.54) is 13.3 Å². The number of hydrogen-bond donors (Lipinski definition) is 2. The van der Waals surface area contributed by atoms with E-state index in [-0.39, 0.29) is 18.4 Å². The van der Waals surface area contributed by atoms with Gasteiger partial charge in [0.2, 0.25) is 5.91 Å². The molecule has 35 heavy (non-hydrogen) atoms. The molecule has 4 rings (SSSR count). The lowest BCUT2D eigenvalue weighted by atomic mass is 9.83. The van der Waals surface area contributed by atoms with Gasteiger partial charge in [0.25, 0.3) is 0 Å².